The molecule has 0 atom stereocenters. The van der Waals surface area contributed by atoms with Crippen molar-refractivity contribution in [3.05, 3.63) is 11.4 Å². The van der Waals surface area contributed by atoms with Crippen LogP contribution in [0.3, 0.4) is 0 Å². The van der Waals surface area contributed by atoms with Crippen LogP contribution >= 0.6 is 0 Å². The minimum absolute atomic E-state index is 0.466. The monoisotopic (exact) mass is 275 g/mol. The van der Waals surface area contributed by atoms with Crippen LogP contribution in [0.15, 0.2) is 0 Å². The zero-order valence-electron chi connectivity index (χ0n) is 12.7. The molecule has 110 valence electrons. The lowest BCUT2D eigenvalue weighted by Crippen LogP contribution is -2.23. The van der Waals surface area contributed by atoms with E-state index < -0.39 is 0 Å². The number of nitrogens with one attached hydrogen (secondary N) is 2. The molecule has 20 heavy (non-hydrogen) atoms. The van der Waals surface area contributed by atoms with Gasteiger partial charge in [-0.15, -0.1) is 0 Å². The molecule has 0 spiro atoms. The van der Waals surface area contributed by atoms with Crippen molar-refractivity contribution in [3.63, 3.8) is 0 Å². The maximum atomic E-state index is 5.58. The molecule has 5 nitrogen and oxygen atoms in total. The molecule has 1 heterocycles. The van der Waals surface area contributed by atoms with Crippen LogP contribution in [0.25, 0.3) is 0 Å². The Morgan fingerprint density at radius 1 is 1.25 bits per heavy atom. The summed E-state index contributed by atoms with van der Waals surface area (Å²) in [5.74, 6) is 9.46. The summed E-state index contributed by atoms with van der Waals surface area (Å²) < 4.78 is 0. The molecule has 0 amide bonds. The summed E-state index contributed by atoms with van der Waals surface area (Å²) in [6, 6.07) is 0. The Morgan fingerprint density at radius 3 is 2.40 bits per heavy atom. The lowest BCUT2D eigenvalue weighted by atomic mass is 9.92. The van der Waals surface area contributed by atoms with Crippen LogP contribution in [0.2, 0.25) is 0 Å². The Labute approximate surface area is 120 Å². The van der Waals surface area contributed by atoms with Gasteiger partial charge in [-0.2, -0.15) is 0 Å². The van der Waals surface area contributed by atoms with Gasteiger partial charge < -0.3 is 10.7 Å². The van der Waals surface area contributed by atoms with E-state index in [2.05, 4.69) is 29.6 Å². The molecule has 3 rings (SSSR count). The SMILES string of the molecule is Cc1c(NN)nc(C2CC2)nc1NCC1(C(C)C)CC1. The van der Waals surface area contributed by atoms with Crippen LogP contribution in [-0.4, -0.2) is 16.5 Å². The third-order valence-corrected chi connectivity index (χ3v) is 4.97. The Balaban J connectivity index is 1.79. The summed E-state index contributed by atoms with van der Waals surface area (Å²) in [4.78, 5) is 9.24. The molecule has 0 aliphatic heterocycles. The van der Waals surface area contributed by atoms with Crippen molar-refractivity contribution in [1.29, 1.82) is 0 Å². The van der Waals surface area contributed by atoms with E-state index in [4.69, 9.17) is 10.8 Å². The van der Waals surface area contributed by atoms with Gasteiger partial charge in [0, 0.05) is 18.0 Å². The number of nitrogens with two attached hydrogens (primary N) is 1. The highest BCUT2D eigenvalue weighted by Gasteiger charge is 2.45. The molecule has 4 N–H and O–H groups in total. The van der Waals surface area contributed by atoms with Gasteiger partial charge in [-0.1, -0.05) is 13.8 Å². The summed E-state index contributed by atoms with van der Waals surface area (Å²) in [6.45, 7) is 7.63. The molecule has 2 saturated carbocycles. The lowest BCUT2D eigenvalue weighted by molar-refractivity contribution is 0.379. The largest absolute Gasteiger partial charge is 0.369 e. The smallest absolute Gasteiger partial charge is 0.148 e. The van der Waals surface area contributed by atoms with Crippen molar-refractivity contribution in [2.45, 2.75) is 52.4 Å². The highest BCUT2D eigenvalue weighted by molar-refractivity contribution is 5.57. The van der Waals surface area contributed by atoms with Crippen LogP contribution in [-0.2, 0) is 0 Å². The van der Waals surface area contributed by atoms with Crippen LogP contribution < -0.4 is 16.6 Å². The molecule has 0 radical (unpaired) electrons. The number of hydrazine groups is 1. The van der Waals surface area contributed by atoms with Gasteiger partial charge >= 0.3 is 0 Å². The van der Waals surface area contributed by atoms with Crippen LogP contribution in [0, 0.1) is 18.3 Å². The number of anilines is 2. The topological polar surface area (TPSA) is 75.9 Å². The highest BCUT2D eigenvalue weighted by atomic mass is 15.3. The number of nitrogen functional groups attached to an aromatic ring is 1. The zero-order valence-corrected chi connectivity index (χ0v) is 12.7. The molecule has 0 saturated heterocycles. The van der Waals surface area contributed by atoms with Crippen molar-refractivity contribution >= 4 is 11.6 Å². The van der Waals surface area contributed by atoms with Gasteiger partial charge in [-0.25, -0.2) is 15.8 Å². The second-order valence-corrected chi connectivity index (χ2v) is 6.69. The second kappa shape index (κ2) is 4.88. The number of nitrogens with zero attached hydrogens (tertiary/aromatic N) is 2. The van der Waals surface area contributed by atoms with Crippen molar-refractivity contribution in [2.24, 2.45) is 17.2 Å². The molecule has 0 bridgehead atoms. The van der Waals surface area contributed by atoms with Gasteiger partial charge in [0.1, 0.15) is 17.5 Å². The average Bonchev–Trinajstić information content (AvgIpc) is 3.29. The Hall–Kier alpha value is -1.36. The first kappa shape index (κ1) is 13.6. The molecule has 5 heteroatoms. The second-order valence-electron chi connectivity index (χ2n) is 6.69. The van der Waals surface area contributed by atoms with Crippen molar-refractivity contribution < 1.29 is 0 Å². The van der Waals surface area contributed by atoms with Gasteiger partial charge in [0.05, 0.1) is 0 Å². The molecule has 0 unspecified atom stereocenters. The fourth-order valence-electron chi connectivity index (χ4n) is 2.75. The van der Waals surface area contributed by atoms with Gasteiger partial charge in [0.25, 0.3) is 0 Å². The third-order valence-electron chi connectivity index (χ3n) is 4.97. The number of rotatable bonds is 6. The summed E-state index contributed by atoms with van der Waals surface area (Å²) in [5.41, 5.74) is 4.18. The van der Waals surface area contributed by atoms with E-state index in [1.165, 1.54) is 25.7 Å². The molecule has 2 fully saturated rings. The summed E-state index contributed by atoms with van der Waals surface area (Å²) in [5, 5.41) is 3.55. The Bertz CT molecular complexity index is 503. The zero-order chi connectivity index (χ0) is 14.3. The first-order valence-corrected chi connectivity index (χ1v) is 7.65. The predicted molar refractivity (Wildman–Crippen MR) is 81.5 cm³/mol. The summed E-state index contributed by atoms with van der Waals surface area (Å²) in [7, 11) is 0. The van der Waals surface area contributed by atoms with Gasteiger partial charge in [0.15, 0.2) is 0 Å². The Morgan fingerprint density at radius 2 is 1.90 bits per heavy atom. The Kier molecular flexibility index (Phi) is 3.32. The van der Waals surface area contributed by atoms with Gasteiger partial charge in [-0.3, -0.25) is 0 Å². The number of hydrogen-bond acceptors (Lipinski definition) is 5. The number of hydrogen-bond donors (Lipinski definition) is 3. The first-order chi connectivity index (χ1) is 9.55. The molecule has 1 aromatic heterocycles. The van der Waals surface area contributed by atoms with E-state index in [1.807, 2.05) is 6.92 Å². The molecule has 2 aliphatic rings. The normalized spacial score (nSPS) is 20.1. The van der Waals surface area contributed by atoms with Crippen molar-refractivity contribution in [3.8, 4) is 0 Å². The number of aromatic nitrogens is 2. The minimum Gasteiger partial charge on any atom is -0.369 e. The fraction of sp³-hybridized carbons (Fsp3) is 0.733. The summed E-state index contributed by atoms with van der Waals surface area (Å²) in [6.07, 6.45) is 5.03. The van der Waals surface area contributed by atoms with Gasteiger partial charge in [-0.05, 0) is 43.9 Å². The third kappa shape index (κ3) is 2.46. The maximum Gasteiger partial charge on any atom is 0.148 e. The van der Waals surface area contributed by atoms with E-state index in [0.29, 0.717) is 17.3 Å². The molecular formula is C15H25N5. The van der Waals surface area contributed by atoms with Crippen molar-refractivity contribution in [1.82, 2.24) is 9.97 Å². The van der Waals surface area contributed by atoms with Crippen molar-refractivity contribution in [2.75, 3.05) is 17.3 Å². The molecule has 0 aromatic carbocycles. The fourth-order valence-corrected chi connectivity index (χ4v) is 2.75. The highest BCUT2D eigenvalue weighted by Crippen LogP contribution is 2.51. The van der Waals surface area contributed by atoms with E-state index in [-0.39, 0.29) is 0 Å². The standard InChI is InChI=1S/C15H25N5/c1-9(2)15(6-7-15)8-17-12-10(3)13(20-16)19-14(18-12)11-4-5-11/h9,11H,4-8,16H2,1-3H3,(H2,17,18,19,20). The van der Waals surface area contributed by atoms with E-state index in [1.54, 1.807) is 0 Å². The predicted octanol–water partition coefficient (Wildman–Crippen LogP) is 2.80. The quantitative estimate of drug-likeness (QED) is 0.550. The van der Waals surface area contributed by atoms with Gasteiger partial charge in [0.2, 0.25) is 0 Å². The van der Waals surface area contributed by atoms with E-state index in [9.17, 15) is 0 Å². The average molecular weight is 275 g/mol. The minimum atomic E-state index is 0.466. The first-order valence-electron chi connectivity index (χ1n) is 7.65. The lowest BCUT2D eigenvalue weighted by Gasteiger charge is -2.21. The molecule has 1 aromatic rings. The van der Waals surface area contributed by atoms with Crippen LogP contribution in [0.5, 0.6) is 0 Å². The summed E-state index contributed by atoms with van der Waals surface area (Å²) >= 11 is 0. The van der Waals surface area contributed by atoms with Crippen LogP contribution in [0.4, 0.5) is 11.6 Å². The van der Waals surface area contributed by atoms with E-state index in [0.717, 1.165) is 29.6 Å². The van der Waals surface area contributed by atoms with E-state index >= 15 is 0 Å². The molecular weight excluding hydrogens is 250 g/mol. The van der Waals surface area contributed by atoms with Crippen LogP contribution in [0.1, 0.15) is 56.8 Å². The molecule has 2 aliphatic carbocycles. The maximum absolute atomic E-state index is 5.58.